The number of hydrogen-bond acceptors (Lipinski definition) is 2. The standard InChI is InChI=1S/C43H30N4/c1-2-14-35(15-3-1)47(43-19-10-13-31-11-4-6-16-39(31)43)38-29-36(45-25-22-32-12-5-7-18-41(32)45)28-37(30-38)46-26-23-34-27-33(20-21-42(34)46)40-17-8-9-24-44-40/h1-30H. The Morgan fingerprint density at radius 3 is 1.94 bits per heavy atom. The normalized spacial score (nSPS) is 11.4. The Balaban J connectivity index is 1.29. The minimum absolute atomic E-state index is 0.972. The van der Waals surface area contributed by atoms with Gasteiger partial charge in [0.25, 0.3) is 0 Å². The van der Waals surface area contributed by atoms with Gasteiger partial charge in [0, 0.05) is 52.0 Å². The monoisotopic (exact) mass is 602 g/mol. The number of para-hydroxylation sites is 2. The molecule has 0 unspecified atom stereocenters. The lowest BCUT2D eigenvalue weighted by Crippen LogP contribution is -2.12. The highest BCUT2D eigenvalue weighted by atomic mass is 15.1. The van der Waals surface area contributed by atoms with Crippen LogP contribution in [0.1, 0.15) is 0 Å². The second-order valence-corrected chi connectivity index (χ2v) is 11.8. The first kappa shape index (κ1) is 27.0. The highest BCUT2D eigenvalue weighted by molar-refractivity contribution is 5.99. The second kappa shape index (κ2) is 11.2. The third-order valence-corrected chi connectivity index (χ3v) is 8.97. The molecule has 3 aromatic heterocycles. The molecule has 47 heavy (non-hydrogen) atoms. The van der Waals surface area contributed by atoms with Crippen LogP contribution in [-0.4, -0.2) is 14.1 Å². The number of hydrogen-bond donors (Lipinski definition) is 0. The van der Waals surface area contributed by atoms with Crippen molar-refractivity contribution in [2.24, 2.45) is 0 Å². The molecule has 0 saturated carbocycles. The number of anilines is 3. The number of fused-ring (bicyclic) bond motifs is 3. The summed E-state index contributed by atoms with van der Waals surface area (Å²) in [6.07, 6.45) is 6.19. The molecule has 0 aliphatic rings. The quantitative estimate of drug-likeness (QED) is 0.189. The van der Waals surface area contributed by atoms with Gasteiger partial charge in [-0.15, -0.1) is 0 Å². The van der Waals surface area contributed by atoms with E-state index >= 15 is 0 Å². The molecular formula is C43H30N4. The van der Waals surface area contributed by atoms with Gasteiger partial charge in [-0.25, -0.2) is 0 Å². The van der Waals surface area contributed by atoms with Crippen LogP contribution in [0.3, 0.4) is 0 Å². The fraction of sp³-hybridized carbons (Fsp3) is 0. The van der Waals surface area contributed by atoms with Gasteiger partial charge in [0.1, 0.15) is 0 Å². The lowest BCUT2D eigenvalue weighted by molar-refractivity contribution is 1.08. The van der Waals surface area contributed by atoms with Gasteiger partial charge in [-0.05, 0) is 89.6 Å². The average molecular weight is 603 g/mol. The molecular weight excluding hydrogens is 573 g/mol. The first-order valence-electron chi connectivity index (χ1n) is 15.9. The van der Waals surface area contributed by atoms with Gasteiger partial charge in [-0.1, -0.05) is 84.9 Å². The van der Waals surface area contributed by atoms with Crippen molar-refractivity contribution in [2.45, 2.75) is 0 Å². The summed E-state index contributed by atoms with van der Waals surface area (Å²) in [5.74, 6) is 0. The summed E-state index contributed by atoms with van der Waals surface area (Å²) in [4.78, 5) is 6.96. The van der Waals surface area contributed by atoms with Crippen LogP contribution in [0.5, 0.6) is 0 Å². The van der Waals surface area contributed by atoms with Crippen molar-refractivity contribution in [1.29, 1.82) is 0 Å². The SMILES string of the molecule is c1ccc(N(c2cc(-n3ccc4ccccc43)cc(-n3ccc4cc(-c5ccccn5)ccc43)c2)c2cccc3ccccc23)cc1. The van der Waals surface area contributed by atoms with Crippen LogP contribution in [0.15, 0.2) is 182 Å². The molecule has 0 N–H and O–H groups in total. The second-order valence-electron chi connectivity index (χ2n) is 11.8. The van der Waals surface area contributed by atoms with Crippen LogP contribution in [0, 0.1) is 0 Å². The number of aromatic nitrogens is 3. The van der Waals surface area contributed by atoms with Crippen molar-refractivity contribution in [3.05, 3.63) is 182 Å². The summed E-state index contributed by atoms with van der Waals surface area (Å²) in [5.41, 5.74) is 9.86. The number of pyridine rings is 1. The molecule has 0 fully saturated rings. The van der Waals surface area contributed by atoms with E-state index < -0.39 is 0 Å². The molecule has 0 bridgehead atoms. The summed E-state index contributed by atoms with van der Waals surface area (Å²) in [6.45, 7) is 0. The third-order valence-electron chi connectivity index (χ3n) is 8.97. The molecule has 0 atom stereocenters. The molecule has 6 aromatic carbocycles. The highest BCUT2D eigenvalue weighted by Crippen LogP contribution is 2.41. The van der Waals surface area contributed by atoms with E-state index in [4.69, 9.17) is 0 Å². The molecule has 0 radical (unpaired) electrons. The Hall–Kier alpha value is -6.39. The van der Waals surface area contributed by atoms with Crippen LogP contribution in [0.2, 0.25) is 0 Å². The Bertz CT molecular complexity index is 2520. The van der Waals surface area contributed by atoms with E-state index in [0.717, 1.165) is 45.2 Å². The smallest absolute Gasteiger partial charge is 0.0702 e. The maximum absolute atomic E-state index is 4.58. The number of nitrogens with zero attached hydrogens (tertiary/aromatic N) is 4. The van der Waals surface area contributed by atoms with Crippen LogP contribution in [0.4, 0.5) is 17.1 Å². The third kappa shape index (κ3) is 4.75. The summed E-state index contributed by atoms with van der Waals surface area (Å²) in [6, 6.07) is 58.3. The highest BCUT2D eigenvalue weighted by Gasteiger charge is 2.18. The van der Waals surface area contributed by atoms with E-state index in [-0.39, 0.29) is 0 Å². The largest absolute Gasteiger partial charge is 0.316 e. The van der Waals surface area contributed by atoms with E-state index in [9.17, 15) is 0 Å². The van der Waals surface area contributed by atoms with Crippen LogP contribution in [0.25, 0.3) is 55.2 Å². The van der Waals surface area contributed by atoms with Gasteiger partial charge >= 0.3 is 0 Å². The van der Waals surface area contributed by atoms with E-state index in [2.05, 4.69) is 183 Å². The first-order chi connectivity index (χ1) is 23.3. The maximum Gasteiger partial charge on any atom is 0.0702 e. The summed E-state index contributed by atoms with van der Waals surface area (Å²) in [7, 11) is 0. The molecule has 4 nitrogen and oxygen atoms in total. The number of rotatable bonds is 6. The van der Waals surface area contributed by atoms with Crippen molar-refractivity contribution >= 4 is 49.6 Å². The van der Waals surface area contributed by atoms with Crippen molar-refractivity contribution in [3.8, 4) is 22.6 Å². The Morgan fingerprint density at radius 2 is 1.13 bits per heavy atom. The van der Waals surface area contributed by atoms with Gasteiger partial charge in [-0.2, -0.15) is 0 Å². The van der Waals surface area contributed by atoms with Gasteiger partial charge in [0.05, 0.1) is 28.1 Å². The van der Waals surface area contributed by atoms with E-state index in [0.29, 0.717) is 0 Å². The van der Waals surface area contributed by atoms with E-state index in [1.165, 1.54) is 27.1 Å². The molecule has 0 spiro atoms. The van der Waals surface area contributed by atoms with Crippen molar-refractivity contribution in [1.82, 2.24) is 14.1 Å². The topological polar surface area (TPSA) is 26.0 Å². The fourth-order valence-electron chi connectivity index (χ4n) is 6.76. The molecule has 222 valence electrons. The molecule has 9 rings (SSSR count). The maximum atomic E-state index is 4.58. The molecule has 0 aliphatic heterocycles. The van der Waals surface area contributed by atoms with Gasteiger partial charge in [0.15, 0.2) is 0 Å². The molecule has 3 heterocycles. The van der Waals surface area contributed by atoms with Gasteiger partial charge in [0.2, 0.25) is 0 Å². The van der Waals surface area contributed by atoms with Crippen LogP contribution >= 0.6 is 0 Å². The van der Waals surface area contributed by atoms with Crippen LogP contribution < -0.4 is 4.90 Å². The zero-order chi connectivity index (χ0) is 31.2. The minimum Gasteiger partial charge on any atom is -0.316 e. The molecule has 0 amide bonds. The summed E-state index contributed by atoms with van der Waals surface area (Å²) >= 11 is 0. The van der Waals surface area contributed by atoms with E-state index in [1.54, 1.807) is 0 Å². The first-order valence-corrected chi connectivity index (χ1v) is 15.9. The van der Waals surface area contributed by atoms with Gasteiger partial charge in [-0.3, -0.25) is 4.98 Å². The average Bonchev–Trinajstić information content (AvgIpc) is 3.77. The van der Waals surface area contributed by atoms with E-state index in [1.807, 2.05) is 18.3 Å². The Kier molecular flexibility index (Phi) is 6.43. The predicted molar refractivity (Wildman–Crippen MR) is 196 cm³/mol. The minimum atomic E-state index is 0.972. The lowest BCUT2D eigenvalue weighted by Gasteiger charge is -2.28. The zero-order valence-corrected chi connectivity index (χ0v) is 25.6. The summed E-state index contributed by atoms with van der Waals surface area (Å²) < 4.78 is 4.59. The fourth-order valence-corrected chi connectivity index (χ4v) is 6.76. The van der Waals surface area contributed by atoms with Crippen molar-refractivity contribution in [3.63, 3.8) is 0 Å². The molecule has 4 heteroatoms. The lowest BCUT2D eigenvalue weighted by atomic mass is 10.1. The number of benzene rings is 6. The Morgan fingerprint density at radius 1 is 0.447 bits per heavy atom. The molecule has 9 aromatic rings. The zero-order valence-electron chi connectivity index (χ0n) is 25.6. The van der Waals surface area contributed by atoms with Crippen molar-refractivity contribution < 1.29 is 0 Å². The summed E-state index contributed by atoms with van der Waals surface area (Å²) in [5, 5.41) is 4.78. The predicted octanol–water partition coefficient (Wildman–Crippen LogP) is 11.3. The molecule has 0 saturated heterocycles. The Labute approximate surface area is 273 Å². The van der Waals surface area contributed by atoms with Crippen molar-refractivity contribution in [2.75, 3.05) is 4.90 Å². The van der Waals surface area contributed by atoms with Crippen LogP contribution in [-0.2, 0) is 0 Å². The van der Waals surface area contributed by atoms with Gasteiger partial charge < -0.3 is 14.0 Å². The molecule has 0 aliphatic carbocycles.